The first kappa shape index (κ1) is 17.7. The van der Waals surface area contributed by atoms with Crippen LogP contribution in [0, 0.1) is 13.8 Å². The lowest BCUT2D eigenvalue weighted by atomic mass is 10.1. The second-order valence-electron chi connectivity index (χ2n) is 6.18. The van der Waals surface area contributed by atoms with Crippen LogP contribution in [0.3, 0.4) is 0 Å². The van der Waals surface area contributed by atoms with E-state index < -0.39 is 0 Å². The highest BCUT2D eigenvalue weighted by atomic mass is 16.5. The predicted molar refractivity (Wildman–Crippen MR) is 101 cm³/mol. The van der Waals surface area contributed by atoms with E-state index in [2.05, 4.69) is 15.5 Å². The number of nitrogens with zero attached hydrogens (tertiary/aromatic N) is 2. The van der Waals surface area contributed by atoms with Crippen LogP contribution in [0.4, 0.5) is 5.69 Å². The molecule has 2 aromatic heterocycles. The molecule has 0 radical (unpaired) electrons. The van der Waals surface area contributed by atoms with Crippen molar-refractivity contribution in [2.45, 2.75) is 26.7 Å². The number of anilines is 1. The Kier molecular flexibility index (Phi) is 5.31. The van der Waals surface area contributed by atoms with Crippen molar-refractivity contribution in [1.29, 1.82) is 0 Å². The molecule has 0 fully saturated rings. The minimum atomic E-state index is -0.0932. The van der Waals surface area contributed by atoms with E-state index in [1.807, 2.05) is 32.0 Å². The highest BCUT2D eigenvalue weighted by Crippen LogP contribution is 2.23. The second-order valence-corrected chi connectivity index (χ2v) is 6.18. The number of aromatic nitrogens is 2. The summed E-state index contributed by atoms with van der Waals surface area (Å²) < 4.78 is 5.15. The van der Waals surface area contributed by atoms with Gasteiger partial charge in [-0.15, -0.1) is 0 Å². The summed E-state index contributed by atoms with van der Waals surface area (Å²) in [5.74, 6) is 0.752. The van der Waals surface area contributed by atoms with E-state index in [9.17, 15) is 4.79 Å². The molecule has 0 aliphatic heterocycles. The molecule has 0 bridgehead atoms. The lowest BCUT2D eigenvalue weighted by Gasteiger charge is -2.07. The van der Waals surface area contributed by atoms with Crippen molar-refractivity contribution >= 4 is 11.6 Å². The molecule has 0 aliphatic rings. The number of aryl methyl sites for hydroxylation is 2. The molecule has 1 amide bonds. The number of nitrogens with two attached hydrogens (primary N) is 1. The zero-order chi connectivity index (χ0) is 18.5. The molecule has 0 atom stereocenters. The summed E-state index contributed by atoms with van der Waals surface area (Å²) in [6, 6.07) is 10.9. The highest BCUT2D eigenvalue weighted by molar-refractivity contribution is 5.94. The van der Waals surface area contributed by atoms with Gasteiger partial charge in [-0.05, 0) is 51.0 Å². The first-order valence-corrected chi connectivity index (χ1v) is 8.57. The van der Waals surface area contributed by atoms with Crippen molar-refractivity contribution in [2.24, 2.45) is 0 Å². The van der Waals surface area contributed by atoms with E-state index in [1.165, 1.54) is 0 Å². The first-order valence-electron chi connectivity index (χ1n) is 8.57. The number of carbonyl (C=O) groups excluding carboxylic acids is 1. The van der Waals surface area contributed by atoms with Gasteiger partial charge in [-0.3, -0.25) is 9.78 Å². The standard InChI is InChI=1S/C20H22N4O2/c1-13-17(14(2)26-24-13)5-3-12-23-20(25)16-9-7-15(8-10-16)19-18(21)6-4-11-22-19/h4,6-11H,3,5,12,21H2,1-2H3,(H,23,25). The smallest absolute Gasteiger partial charge is 0.251 e. The van der Waals surface area contributed by atoms with Crippen LogP contribution in [-0.2, 0) is 6.42 Å². The summed E-state index contributed by atoms with van der Waals surface area (Å²) in [5, 5.41) is 6.88. The molecule has 3 rings (SSSR count). The topological polar surface area (TPSA) is 94.0 Å². The molecule has 3 N–H and O–H groups in total. The molecule has 6 nitrogen and oxygen atoms in total. The quantitative estimate of drug-likeness (QED) is 0.665. The molecule has 0 unspecified atom stereocenters. The van der Waals surface area contributed by atoms with Crippen LogP contribution in [0.2, 0.25) is 0 Å². The minimum Gasteiger partial charge on any atom is -0.397 e. The maximum Gasteiger partial charge on any atom is 0.251 e. The van der Waals surface area contributed by atoms with Gasteiger partial charge in [0.05, 0.1) is 17.1 Å². The van der Waals surface area contributed by atoms with E-state index in [4.69, 9.17) is 10.3 Å². The maximum absolute atomic E-state index is 12.3. The highest BCUT2D eigenvalue weighted by Gasteiger charge is 2.10. The van der Waals surface area contributed by atoms with Gasteiger partial charge in [0.15, 0.2) is 0 Å². The number of nitrogens with one attached hydrogen (secondary N) is 1. The Hall–Kier alpha value is -3.15. The minimum absolute atomic E-state index is 0.0932. The Labute approximate surface area is 152 Å². The second kappa shape index (κ2) is 7.82. The number of benzene rings is 1. The van der Waals surface area contributed by atoms with Crippen LogP contribution in [0.5, 0.6) is 0 Å². The Balaban J connectivity index is 1.54. The van der Waals surface area contributed by atoms with Gasteiger partial charge in [-0.2, -0.15) is 0 Å². The number of amides is 1. The molecule has 0 spiro atoms. The molecule has 0 aliphatic carbocycles. The van der Waals surface area contributed by atoms with Crippen LogP contribution in [0.1, 0.15) is 33.8 Å². The van der Waals surface area contributed by atoms with Crippen molar-refractivity contribution in [3.05, 3.63) is 65.2 Å². The third kappa shape index (κ3) is 3.91. The summed E-state index contributed by atoms with van der Waals surface area (Å²) in [7, 11) is 0. The van der Waals surface area contributed by atoms with Gasteiger partial charge in [0.25, 0.3) is 5.91 Å². The molecule has 134 valence electrons. The van der Waals surface area contributed by atoms with Crippen LogP contribution >= 0.6 is 0 Å². The SMILES string of the molecule is Cc1noc(C)c1CCCNC(=O)c1ccc(-c2ncccc2N)cc1. The van der Waals surface area contributed by atoms with E-state index in [1.54, 1.807) is 24.4 Å². The third-order valence-corrected chi connectivity index (χ3v) is 4.33. The Bertz CT molecular complexity index is 881. The zero-order valence-corrected chi connectivity index (χ0v) is 15.0. The summed E-state index contributed by atoms with van der Waals surface area (Å²) in [6.45, 7) is 4.43. The van der Waals surface area contributed by atoms with E-state index in [-0.39, 0.29) is 5.91 Å². The number of nitrogen functional groups attached to an aromatic ring is 1. The normalized spacial score (nSPS) is 10.7. The molecular weight excluding hydrogens is 328 g/mol. The molecule has 2 heterocycles. The number of carbonyl (C=O) groups is 1. The number of rotatable bonds is 6. The molecule has 3 aromatic rings. The van der Waals surface area contributed by atoms with Crippen molar-refractivity contribution in [3.63, 3.8) is 0 Å². The summed E-state index contributed by atoms with van der Waals surface area (Å²) >= 11 is 0. The fourth-order valence-electron chi connectivity index (χ4n) is 2.87. The molecule has 1 aromatic carbocycles. The van der Waals surface area contributed by atoms with Crippen molar-refractivity contribution in [1.82, 2.24) is 15.5 Å². The van der Waals surface area contributed by atoms with Gasteiger partial charge in [-0.25, -0.2) is 0 Å². The van der Waals surface area contributed by atoms with E-state index in [0.29, 0.717) is 17.8 Å². The average Bonchev–Trinajstić information content (AvgIpc) is 2.97. The summed E-state index contributed by atoms with van der Waals surface area (Å²) in [5.41, 5.74) is 10.8. The van der Waals surface area contributed by atoms with Gasteiger partial charge >= 0.3 is 0 Å². The lowest BCUT2D eigenvalue weighted by molar-refractivity contribution is 0.0953. The number of hydrogen-bond donors (Lipinski definition) is 2. The van der Waals surface area contributed by atoms with Crippen molar-refractivity contribution < 1.29 is 9.32 Å². The molecule has 0 saturated carbocycles. The monoisotopic (exact) mass is 350 g/mol. The number of hydrogen-bond acceptors (Lipinski definition) is 5. The van der Waals surface area contributed by atoms with Crippen LogP contribution < -0.4 is 11.1 Å². The fourth-order valence-corrected chi connectivity index (χ4v) is 2.87. The summed E-state index contributed by atoms with van der Waals surface area (Å²) in [6.07, 6.45) is 3.36. The first-order chi connectivity index (χ1) is 12.6. The van der Waals surface area contributed by atoms with E-state index >= 15 is 0 Å². The lowest BCUT2D eigenvalue weighted by Crippen LogP contribution is -2.24. The van der Waals surface area contributed by atoms with Gasteiger partial charge in [-0.1, -0.05) is 17.3 Å². The van der Waals surface area contributed by atoms with Crippen LogP contribution in [0.25, 0.3) is 11.3 Å². The van der Waals surface area contributed by atoms with Crippen molar-refractivity contribution in [2.75, 3.05) is 12.3 Å². The van der Waals surface area contributed by atoms with Crippen LogP contribution in [-0.4, -0.2) is 22.6 Å². The molecular formula is C20H22N4O2. The van der Waals surface area contributed by atoms with Gasteiger partial charge < -0.3 is 15.6 Å². The van der Waals surface area contributed by atoms with E-state index in [0.717, 1.165) is 41.1 Å². The molecule has 26 heavy (non-hydrogen) atoms. The zero-order valence-electron chi connectivity index (χ0n) is 15.0. The van der Waals surface area contributed by atoms with Gasteiger partial charge in [0.1, 0.15) is 5.76 Å². The average molecular weight is 350 g/mol. The molecule has 0 saturated heterocycles. The largest absolute Gasteiger partial charge is 0.397 e. The Morgan fingerprint density at radius 2 is 1.96 bits per heavy atom. The predicted octanol–water partition coefficient (Wildman–Crippen LogP) is 3.30. The number of pyridine rings is 1. The van der Waals surface area contributed by atoms with Crippen LogP contribution in [0.15, 0.2) is 47.1 Å². The third-order valence-electron chi connectivity index (χ3n) is 4.33. The Morgan fingerprint density at radius 1 is 1.19 bits per heavy atom. The maximum atomic E-state index is 12.3. The fraction of sp³-hybridized carbons (Fsp3) is 0.250. The molecule has 6 heteroatoms. The van der Waals surface area contributed by atoms with Gasteiger partial charge in [0, 0.05) is 29.4 Å². The summed E-state index contributed by atoms with van der Waals surface area (Å²) in [4.78, 5) is 16.6. The van der Waals surface area contributed by atoms with Gasteiger partial charge in [0.2, 0.25) is 0 Å². The Morgan fingerprint density at radius 3 is 2.62 bits per heavy atom. The van der Waals surface area contributed by atoms with Crippen molar-refractivity contribution in [3.8, 4) is 11.3 Å².